The van der Waals surface area contributed by atoms with Crippen molar-refractivity contribution in [3.63, 3.8) is 0 Å². The lowest BCUT2D eigenvalue weighted by atomic mass is 10.1. The van der Waals surface area contributed by atoms with Crippen molar-refractivity contribution in [3.8, 4) is 0 Å². The average molecular weight is 385 g/mol. The zero-order chi connectivity index (χ0) is 19.6. The Hall–Kier alpha value is -2.93. The number of para-hydroxylation sites is 1. The smallest absolute Gasteiger partial charge is 0.338 e. The van der Waals surface area contributed by atoms with Gasteiger partial charge in [0, 0.05) is 28.9 Å². The Kier molecular flexibility index (Phi) is 5.14. The van der Waals surface area contributed by atoms with Gasteiger partial charge in [-0.15, -0.1) is 0 Å². The van der Waals surface area contributed by atoms with Crippen molar-refractivity contribution < 1.29 is 22.7 Å². The van der Waals surface area contributed by atoms with E-state index >= 15 is 0 Å². The van der Waals surface area contributed by atoms with E-state index in [9.17, 15) is 18.0 Å². The first-order chi connectivity index (χ1) is 12.7. The van der Waals surface area contributed by atoms with Gasteiger partial charge in [0.1, 0.15) is 0 Å². The first kappa shape index (κ1) is 18.8. The van der Waals surface area contributed by atoms with Crippen LogP contribution in [0.15, 0.2) is 54.7 Å². The third-order valence-corrected chi connectivity index (χ3v) is 4.98. The third-order valence-electron chi connectivity index (χ3n) is 4.13. The van der Waals surface area contributed by atoms with Gasteiger partial charge in [-0.25, -0.2) is 13.2 Å². The molecular formula is C20H19NO5S. The monoisotopic (exact) mass is 385 g/mol. The molecule has 140 valence electrons. The number of ketones is 1. The van der Waals surface area contributed by atoms with E-state index in [1.807, 2.05) is 24.3 Å². The maximum absolute atomic E-state index is 12.6. The van der Waals surface area contributed by atoms with Crippen molar-refractivity contribution >= 4 is 32.5 Å². The summed E-state index contributed by atoms with van der Waals surface area (Å²) >= 11 is 0. The molecule has 3 aromatic rings. The van der Waals surface area contributed by atoms with Crippen molar-refractivity contribution in [3.05, 3.63) is 71.4 Å². The lowest BCUT2D eigenvalue weighted by Gasteiger charge is -2.12. The topological polar surface area (TPSA) is 93.3 Å². The van der Waals surface area contributed by atoms with E-state index in [0.717, 1.165) is 17.2 Å². The Labute approximate surface area is 157 Å². The number of Topliss-reactive ketones (excluding diaryl/α,β-unsaturated/α-hetero) is 1. The van der Waals surface area contributed by atoms with E-state index in [1.54, 1.807) is 18.3 Å². The lowest BCUT2D eigenvalue weighted by molar-refractivity contribution is 0.0319. The molecule has 2 aromatic carbocycles. The minimum Gasteiger partial charge on any atom is -0.451 e. The number of fused-ring (bicyclic) bond motifs is 1. The van der Waals surface area contributed by atoms with E-state index in [1.165, 1.54) is 19.1 Å². The third kappa shape index (κ3) is 4.43. The molecule has 27 heavy (non-hydrogen) atoms. The standard InChI is InChI=1S/C20H19NO5S/c1-13(19(22)17-11-21-18-6-4-3-5-16(17)18)26-20(23)15-9-7-14(8-10-15)12-27(2,24)25/h3-11,13,21H,12H2,1-2H3/t13-/m1/s1. The summed E-state index contributed by atoms with van der Waals surface area (Å²) in [5.74, 6) is -1.03. The Bertz CT molecular complexity index is 1100. The van der Waals surface area contributed by atoms with Crippen LogP contribution in [0, 0.1) is 0 Å². The van der Waals surface area contributed by atoms with Gasteiger partial charge < -0.3 is 9.72 Å². The molecule has 0 saturated heterocycles. The largest absolute Gasteiger partial charge is 0.451 e. The van der Waals surface area contributed by atoms with Crippen molar-refractivity contribution in [1.29, 1.82) is 0 Å². The van der Waals surface area contributed by atoms with Gasteiger partial charge in [0.15, 0.2) is 15.9 Å². The van der Waals surface area contributed by atoms with Crippen LogP contribution in [0.4, 0.5) is 0 Å². The number of hydrogen-bond acceptors (Lipinski definition) is 5. The Morgan fingerprint density at radius 1 is 1.07 bits per heavy atom. The van der Waals surface area contributed by atoms with Crippen LogP contribution < -0.4 is 0 Å². The highest BCUT2D eigenvalue weighted by atomic mass is 32.2. The fourth-order valence-electron chi connectivity index (χ4n) is 2.82. The molecule has 3 rings (SSSR count). The van der Waals surface area contributed by atoms with Gasteiger partial charge in [-0.2, -0.15) is 0 Å². The van der Waals surface area contributed by atoms with Crippen LogP contribution in [0.25, 0.3) is 10.9 Å². The maximum Gasteiger partial charge on any atom is 0.338 e. The first-order valence-corrected chi connectivity index (χ1v) is 10.4. The number of carbonyl (C=O) groups is 2. The fraction of sp³-hybridized carbons (Fsp3) is 0.200. The summed E-state index contributed by atoms with van der Waals surface area (Å²) in [6.07, 6.45) is 1.80. The van der Waals surface area contributed by atoms with Crippen LogP contribution in [-0.2, 0) is 20.3 Å². The number of aromatic nitrogens is 1. The molecule has 6 nitrogen and oxygen atoms in total. The second kappa shape index (κ2) is 7.36. The normalized spacial score (nSPS) is 12.7. The van der Waals surface area contributed by atoms with Gasteiger partial charge in [-0.3, -0.25) is 4.79 Å². The van der Waals surface area contributed by atoms with Crippen molar-refractivity contribution in [2.24, 2.45) is 0 Å². The van der Waals surface area contributed by atoms with Gasteiger partial charge in [-0.1, -0.05) is 30.3 Å². The summed E-state index contributed by atoms with van der Waals surface area (Å²) < 4.78 is 27.9. The molecule has 0 unspecified atom stereocenters. The molecule has 1 atom stereocenters. The van der Waals surface area contributed by atoms with Gasteiger partial charge in [0.25, 0.3) is 0 Å². The lowest BCUT2D eigenvalue weighted by Crippen LogP contribution is -2.24. The number of hydrogen-bond donors (Lipinski definition) is 1. The number of ether oxygens (including phenoxy) is 1. The quantitative estimate of drug-likeness (QED) is 0.520. The molecule has 0 saturated carbocycles. The number of rotatable bonds is 6. The summed E-state index contributed by atoms with van der Waals surface area (Å²) in [5, 5.41) is 0.774. The number of esters is 1. The molecule has 7 heteroatoms. The van der Waals surface area contributed by atoms with Crippen LogP contribution in [0.1, 0.15) is 33.2 Å². The average Bonchev–Trinajstić information content (AvgIpc) is 3.04. The number of benzene rings is 2. The summed E-state index contributed by atoms with van der Waals surface area (Å²) in [7, 11) is -3.15. The van der Waals surface area contributed by atoms with Crippen molar-refractivity contribution in [1.82, 2.24) is 4.98 Å². The first-order valence-electron chi connectivity index (χ1n) is 8.32. The molecule has 0 spiro atoms. The maximum atomic E-state index is 12.6. The predicted octanol–water partition coefficient (Wildman–Crippen LogP) is 3.14. The van der Waals surface area contributed by atoms with E-state index in [2.05, 4.69) is 4.98 Å². The number of aromatic amines is 1. The van der Waals surface area contributed by atoms with Gasteiger partial charge >= 0.3 is 5.97 Å². The highest BCUT2D eigenvalue weighted by molar-refractivity contribution is 7.89. The van der Waals surface area contributed by atoms with E-state index in [-0.39, 0.29) is 17.1 Å². The van der Waals surface area contributed by atoms with E-state index in [4.69, 9.17) is 4.74 Å². The zero-order valence-electron chi connectivity index (χ0n) is 14.9. The number of sulfone groups is 1. The second-order valence-corrected chi connectivity index (χ2v) is 8.57. The van der Waals surface area contributed by atoms with E-state index in [0.29, 0.717) is 11.1 Å². The van der Waals surface area contributed by atoms with Gasteiger partial charge in [0.05, 0.1) is 11.3 Å². The highest BCUT2D eigenvalue weighted by Crippen LogP contribution is 2.20. The summed E-state index contributed by atoms with van der Waals surface area (Å²) in [5.41, 5.74) is 2.14. The Morgan fingerprint density at radius 3 is 2.41 bits per heavy atom. The van der Waals surface area contributed by atoms with Crippen LogP contribution >= 0.6 is 0 Å². The van der Waals surface area contributed by atoms with Crippen LogP contribution in [0.5, 0.6) is 0 Å². The molecule has 1 N–H and O–H groups in total. The zero-order valence-corrected chi connectivity index (χ0v) is 15.7. The molecule has 0 aliphatic carbocycles. The molecule has 0 radical (unpaired) electrons. The van der Waals surface area contributed by atoms with Gasteiger partial charge in [0.2, 0.25) is 5.78 Å². The summed E-state index contributed by atoms with van der Waals surface area (Å²) in [6, 6.07) is 13.5. The molecule has 0 aliphatic rings. The molecule has 1 heterocycles. The fourth-order valence-corrected chi connectivity index (χ4v) is 3.61. The van der Waals surface area contributed by atoms with Crippen LogP contribution in [0.2, 0.25) is 0 Å². The van der Waals surface area contributed by atoms with Crippen LogP contribution in [0.3, 0.4) is 0 Å². The number of carbonyl (C=O) groups excluding carboxylic acids is 2. The van der Waals surface area contributed by atoms with E-state index < -0.39 is 21.9 Å². The van der Waals surface area contributed by atoms with Crippen LogP contribution in [-0.4, -0.2) is 37.5 Å². The molecule has 0 fully saturated rings. The Balaban J connectivity index is 1.71. The minimum atomic E-state index is -3.15. The molecule has 0 bridgehead atoms. The SMILES string of the molecule is C[C@@H](OC(=O)c1ccc(CS(C)(=O)=O)cc1)C(=O)c1c[nH]c2ccccc12. The summed E-state index contributed by atoms with van der Waals surface area (Å²) in [6.45, 7) is 1.53. The van der Waals surface area contributed by atoms with Crippen molar-refractivity contribution in [2.75, 3.05) is 6.26 Å². The summed E-state index contributed by atoms with van der Waals surface area (Å²) in [4.78, 5) is 27.9. The number of H-pyrrole nitrogens is 1. The van der Waals surface area contributed by atoms with Crippen molar-refractivity contribution in [2.45, 2.75) is 18.8 Å². The minimum absolute atomic E-state index is 0.0994. The Morgan fingerprint density at radius 2 is 1.74 bits per heavy atom. The predicted molar refractivity (Wildman–Crippen MR) is 102 cm³/mol. The second-order valence-electron chi connectivity index (χ2n) is 6.43. The molecular weight excluding hydrogens is 366 g/mol. The highest BCUT2D eigenvalue weighted by Gasteiger charge is 2.23. The molecule has 1 aromatic heterocycles. The molecule has 0 aliphatic heterocycles. The van der Waals surface area contributed by atoms with Gasteiger partial charge in [-0.05, 0) is 30.7 Å². The number of nitrogens with one attached hydrogen (secondary N) is 1. The molecule has 0 amide bonds.